The topological polar surface area (TPSA) is 41.1 Å². The van der Waals surface area contributed by atoms with Crippen molar-refractivity contribution in [3.8, 4) is 0 Å². The van der Waals surface area contributed by atoms with E-state index in [9.17, 15) is 4.39 Å². The van der Waals surface area contributed by atoms with E-state index in [4.69, 9.17) is 0 Å². The van der Waals surface area contributed by atoms with Crippen LogP contribution in [0.1, 0.15) is 17.7 Å². The molecule has 0 bridgehead atoms. The highest BCUT2D eigenvalue weighted by atomic mass is 19.1. The van der Waals surface area contributed by atoms with Crippen LogP contribution in [0.3, 0.4) is 0 Å². The summed E-state index contributed by atoms with van der Waals surface area (Å²) in [6.45, 7) is 2.85. The number of para-hydroxylation sites is 1. The molecule has 0 saturated carbocycles. The maximum Gasteiger partial charge on any atom is 0.232 e. The minimum atomic E-state index is -0.255. The summed E-state index contributed by atoms with van der Waals surface area (Å²) in [5, 5.41) is 3.23. The number of halogens is 1. The number of hydrogen-bond acceptors (Lipinski definition) is 4. The van der Waals surface area contributed by atoms with E-state index in [-0.39, 0.29) is 5.82 Å². The Labute approximate surface area is 146 Å². The Kier molecular flexibility index (Phi) is 4.06. The molecule has 0 radical (unpaired) electrons. The van der Waals surface area contributed by atoms with Gasteiger partial charge in [-0.25, -0.2) is 9.37 Å². The number of rotatable bonds is 3. The van der Waals surface area contributed by atoms with Crippen LogP contribution in [0.25, 0.3) is 0 Å². The average Bonchev–Trinajstić information content (AvgIpc) is 2.63. The van der Waals surface area contributed by atoms with Crippen molar-refractivity contribution in [3.63, 3.8) is 0 Å². The number of anilines is 4. The van der Waals surface area contributed by atoms with Crippen LogP contribution in [-0.2, 0) is 6.42 Å². The van der Waals surface area contributed by atoms with E-state index < -0.39 is 0 Å². The third kappa shape index (κ3) is 3.31. The number of benzene rings is 2. The fourth-order valence-electron chi connectivity index (χ4n) is 3.16. The van der Waals surface area contributed by atoms with E-state index in [2.05, 4.69) is 38.4 Å². The fourth-order valence-corrected chi connectivity index (χ4v) is 3.16. The summed E-state index contributed by atoms with van der Waals surface area (Å²) in [4.78, 5) is 11.5. The first kappa shape index (κ1) is 15.6. The number of aryl methyl sites for hydroxylation is 2. The zero-order chi connectivity index (χ0) is 17.2. The Morgan fingerprint density at radius 3 is 2.68 bits per heavy atom. The zero-order valence-corrected chi connectivity index (χ0v) is 14.0. The second kappa shape index (κ2) is 6.51. The number of hydrogen-bond donors (Lipinski definition) is 1. The maximum absolute atomic E-state index is 13.1. The standard InChI is InChI=1S/C20H19FN4/c1-14-13-19(23-17-10-8-16(21)9-11-17)24-20(22-14)25-12-4-6-15-5-2-3-7-18(15)25/h2-3,5,7-11,13H,4,6,12H2,1H3,(H,22,23,24). The van der Waals surface area contributed by atoms with Crippen LogP contribution >= 0.6 is 0 Å². The molecule has 4 rings (SSSR count). The zero-order valence-electron chi connectivity index (χ0n) is 14.0. The lowest BCUT2D eigenvalue weighted by molar-refractivity contribution is 0.628. The minimum absolute atomic E-state index is 0.255. The van der Waals surface area contributed by atoms with Crippen LogP contribution in [0.5, 0.6) is 0 Å². The number of fused-ring (bicyclic) bond motifs is 1. The Balaban J connectivity index is 1.67. The van der Waals surface area contributed by atoms with Gasteiger partial charge in [-0.2, -0.15) is 4.98 Å². The first-order chi connectivity index (χ1) is 12.2. The molecule has 0 saturated heterocycles. The van der Waals surface area contributed by atoms with Gasteiger partial charge in [0.15, 0.2) is 0 Å². The summed E-state index contributed by atoms with van der Waals surface area (Å²) in [6, 6.07) is 16.5. The first-order valence-corrected chi connectivity index (χ1v) is 8.43. The Morgan fingerprint density at radius 1 is 1.04 bits per heavy atom. The van der Waals surface area contributed by atoms with Gasteiger partial charge >= 0.3 is 0 Å². The van der Waals surface area contributed by atoms with Gasteiger partial charge in [-0.1, -0.05) is 18.2 Å². The molecule has 2 aromatic carbocycles. The molecule has 1 N–H and O–H groups in total. The fraction of sp³-hybridized carbons (Fsp3) is 0.200. The summed E-state index contributed by atoms with van der Waals surface area (Å²) in [7, 11) is 0. The number of nitrogens with one attached hydrogen (secondary N) is 1. The molecule has 3 aromatic rings. The molecule has 0 aliphatic carbocycles. The SMILES string of the molecule is Cc1cc(Nc2ccc(F)cc2)nc(N2CCCc3ccccc32)n1. The van der Waals surface area contributed by atoms with Crippen molar-refractivity contribution in [2.45, 2.75) is 19.8 Å². The van der Waals surface area contributed by atoms with E-state index in [0.29, 0.717) is 11.8 Å². The predicted octanol–water partition coefficient (Wildman–Crippen LogP) is 4.75. The molecule has 4 nitrogen and oxygen atoms in total. The molecular weight excluding hydrogens is 315 g/mol. The lowest BCUT2D eigenvalue weighted by Gasteiger charge is -2.29. The third-order valence-electron chi connectivity index (χ3n) is 4.31. The summed E-state index contributed by atoms with van der Waals surface area (Å²) in [6.07, 6.45) is 2.16. The molecular formula is C20H19FN4. The van der Waals surface area contributed by atoms with E-state index in [1.807, 2.05) is 19.1 Å². The van der Waals surface area contributed by atoms with Crippen molar-refractivity contribution in [2.75, 3.05) is 16.8 Å². The van der Waals surface area contributed by atoms with Gasteiger partial charge in [0.25, 0.3) is 0 Å². The van der Waals surface area contributed by atoms with Crippen molar-refractivity contribution in [1.29, 1.82) is 0 Å². The Morgan fingerprint density at radius 2 is 1.84 bits per heavy atom. The van der Waals surface area contributed by atoms with Crippen molar-refractivity contribution >= 4 is 23.1 Å². The van der Waals surface area contributed by atoms with Crippen molar-refractivity contribution < 1.29 is 4.39 Å². The van der Waals surface area contributed by atoms with E-state index in [1.54, 1.807) is 12.1 Å². The van der Waals surface area contributed by atoms with Crippen molar-refractivity contribution in [1.82, 2.24) is 9.97 Å². The summed E-state index contributed by atoms with van der Waals surface area (Å²) < 4.78 is 13.1. The van der Waals surface area contributed by atoms with Crippen LogP contribution in [0.4, 0.5) is 27.5 Å². The van der Waals surface area contributed by atoms with Gasteiger partial charge in [0.1, 0.15) is 11.6 Å². The highest BCUT2D eigenvalue weighted by Gasteiger charge is 2.20. The molecule has 1 aromatic heterocycles. The van der Waals surface area contributed by atoms with Gasteiger partial charge in [-0.05, 0) is 55.7 Å². The summed E-state index contributed by atoms with van der Waals surface area (Å²) >= 11 is 0. The first-order valence-electron chi connectivity index (χ1n) is 8.43. The number of aromatic nitrogens is 2. The summed E-state index contributed by atoms with van der Waals surface area (Å²) in [5.41, 5.74) is 4.18. The van der Waals surface area contributed by atoms with Crippen molar-refractivity contribution in [2.24, 2.45) is 0 Å². The van der Waals surface area contributed by atoms with E-state index in [0.717, 1.165) is 30.8 Å². The predicted molar refractivity (Wildman–Crippen MR) is 98.2 cm³/mol. The molecule has 1 aliphatic rings. The van der Waals surface area contributed by atoms with Gasteiger partial charge in [0, 0.05) is 29.7 Å². The Bertz CT molecular complexity index is 892. The molecule has 0 atom stereocenters. The molecule has 0 amide bonds. The third-order valence-corrected chi connectivity index (χ3v) is 4.31. The largest absolute Gasteiger partial charge is 0.340 e. The highest BCUT2D eigenvalue weighted by Crippen LogP contribution is 2.32. The molecule has 0 fully saturated rings. The quantitative estimate of drug-likeness (QED) is 0.750. The van der Waals surface area contributed by atoms with E-state index >= 15 is 0 Å². The van der Waals surface area contributed by atoms with Gasteiger partial charge in [0.2, 0.25) is 5.95 Å². The number of nitrogens with zero attached hydrogens (tertiary/aromatic N) is 3. The molecule has 5 heteroatoms. The highest BCUT2D eigenvalue weighted by molar-refractivity contribution is 5.65. The normalized spacial score (nSPS) is 13.4. The molecule has 0 spiro atoms. The van der Waals surface area contributed by atoms with Crippen LogP contribution in [0.2, 0.25) is 0 Å². The second-order valence-corrected chi connectivity index (χ2v) is 6.21. The molecule has 1 aliphatic heterocycles. The smallest absolute Gasteiger partial charge is 0.232 e. The van der Waals surface area contributed by atoms with E-state index in [1.165, 1.54) is 23.4 Å². The van der Waals surface area contributed by atoms with Crippen LogP contribution < -0.4 is 10.2 Å². The molecule has 0 unspecified atom stereocenters. The second-order valence-electron chi connectivity index (χ2n) is 6.21. The van der Waals surface area contributed by atoms with Crippen molar-refractivity contribution in [3.05, 3.63) is 71.7 Å². The van der Waals surface area contributed by atoms with Gasteiger partial charge < -0.3 is 10.2 Å². The monoisotopic (exact) mass is 334 g/mol. The lowest BCUT2D eigenvalue weighted by atomic mass is 10.0. The molecule has 25 heavy (non-hydrogen) atoms. The van der Waals surface area contributed by atoms with Gasteiger partial charge in [-0.3, -0.25) is 0 Å². The van der Waals surface area contributed by atoms with Gasteiger partial charge in [0.05, 0.1) is 0 Å². The maximum atomic E-state index is 13.1. The lowest BCUT2D eigenvalue weighted by Crippen LogP contribution is -2.26. The summed E-state index contributed by atoms with van der Waals surface area (Å²) in [5.74, 6) is 1.14. The van der Waals surface area contributed by atoms with Crippen LogP contribution in [0, 0.1) is 12.7 Å². The van der Waals surface area contributed by atoms with Crippen LogP contribution in [-0.4, -0.2) is 16.5 Å². The van der Waals surface area contributed by atoms with Crippen LogP contribution in [0.15, 0.2) is 54.6 Å². The molecule has 2 heterocycles. The average molecular weight is 334 g/mol. The molecule has 126 valence electrons. The minimum Gasteiger partial charge on any atom is -0.340 e. The van der Waals surface area contributed by atoms with Gasteiger partial charge in [-0.15, -0.1) is 0 Å². The Hall–Kier alpha value is -2.95.